The van der Waals surface area contributed by atoms with Gasteiger partial charge in [-0.25, -0.2) is 4.39 Å². The molecule has 3 N–H and O–H groups in total. The second kappa shape index (κ2) is 5.91. The van der Waals surface area contributed by atoms with E-state index in [1.165, 1.54) is 6.07 Å². The molecule has 1 aliphatic carbocycles. The first-order valence-corrected chi connectivity index (χ1v) is 6.70. The lowest BCUT2D eigenvalue weighted by atomic mass is 9.80. The van der Waals surface area contributed by atoms with Crippen LogP contribution in [0.25, 0.3) is 0 Å². The number of carbonyl (C=O) groups is 1. The summed E-state index contributed by atoms with van der Waals surface area (Å²) in [7, 11) is 0. The lowest BCUT2D eigenvalue weighted by Crippen LogP contribution is -2.34. The number of halogens is 4. The minimum absolute atomic E-state index is 0.0510. The van der Waals surface area contributed by atoms with Crippen molar-refractivity contribution in [3.05, 3.63) is 24.0 Å². The zero-order chi connectivity index (χ0) is 15.6. The second-order valence-electron chi connectivity index (χ2n) is 5.32. The Labute approximate surface area is 119 Å². The van der Waals surface area contributed by atoms with E-state index >= 15 is 0 Å². The molecule has 0 heterocycles. The lowest BCUT2D eigenvalue weighted by molar-refractivity contribution is -0.185. The molecule has 0 saturated heterocycles. The van der Waals surface area contributed by atoms with E-state index in [1.54, 1.807) is 0 Å². The first-order chi connectivity index (χ1) is 9.77. The van der Waals surface area contributed by atoms with Crippen LogP contribution >= 0.6 is 0 Å². The molecular weight excluding hydrogens is 288 g/mol. The van der Waals surface area contributed by atoms with E-state index in [0.29, 0.717) is 12.8 Å². The minimum atomic E-state index is -4.28. The van der Waals surface area contributed by atoms with Gasteiger partial charge in [-0.05, 0) is 37.5 Å². The highest BCUT2D eigenvalue weighted by molar-refractivity contribution is 5.95. The number of nitrogens with one attached hydrogen (secondary N) is 1. The molecule has 1 fully saturated rings. The molecule has 2 rings (SSSR count). The standard InChI is InChI=1S/C14H16F4N2O/c15-10-4-5-11(19)12(7-10)20-13(21)8-2-1-3-9(6-8)14(16,17)18/h4-5,7-9H,1-3,6,19H2,(H,20,21). The monoisotopic (exact) mass is 304 g/mol. The zero-order valence-electron chi connectivity index (χ0n) is 11.2. The van der Waals surface area contributed by atoms with Crippen molar-refractivity contribution in [3.63, 3.8) is 0 Å². The van der Waals surface area contributed by atoms with Gasteiger partial charge in [0.15, 0.2) is 0 Å². The lowest BCUT2D eigenvalue weighted by Gasteiger charge is -2.29. The summed E-state index contributed by atoms with van der Waals surface area (Å²) < 4.78 is 51.3. The molecule has 2 unspecified atom stereocenters. The highest BCUT2D eigenvalue weighted by atomic mass is 19.4. The van der Waals surface area contributed by atoms with Gasteiger partial charge in [0.05, 0.1) is 17.3 Å². The van der Waals surface area contributed by atoms with Gasteiger partial charge in [-0.2, -0.15) is 13.2 Å². The number of hydrogen-bond donors (Lipinski definition) is 2. The smallest absolute Gasteiger partial charge is 0.391 e. The Morgan fingerprint density at radius 3 is 2.67 bits per heavy atom. The first kappa shape index (κ1) is 15.6. The van der Waals surface area contributed by atoms with Crippen LogP contribution in [0.15, 0.2) is 18.2 Å². The fraction of sp³-hybridized carbons (Fsp3) is 0.500. The topological polar surface area (TPSA) is 55.1 Å². The van der Waals surface area contributed by atoms with Crippen LogP contribution in [0.2, 0.25) is 0 Å². The predicted octanol–water partition coefficient (Wildman–Crippen LogP) is 3.72. The van der Waals surface area contributed by atoms with Gasteiger partial charge < -0.3 is 11.1 Å². The number of amides is 1. The fourth-order valence-corrected chi connectivity index (χ4v) is 2.60. The van der Waals surface area contributed by atoms with Crippen molar-refractivity contribution in [2.75, 3.05) is 11.1 Å². The number of carbonyl (C=O) groups excluding carboxylic acids is 1. The van der Waals surface area contributed by atoms with Crippen molar-refractivity contribution < 1.29 is 22.4 Å². The average Bonchev–Trinajstić information content (AvgIpc) is 2.42. The Morgan fingerprint density at radius 1 is 1.29 bits per heavy atom. The van der Waals surface area contributed by atoms with E-state index in [4.69, 9.17) is 5.73 Å². The van der Waals surface area contributed by atoms with Crippen molar-refractivity contribution in [1.29, 1.82) is 0 Å². The highest BCUT2D eigenvalue weighted by Gasteiger charge is 2.43. The van der Waals surface area contributed by atoms with E-state index in [1.807, 2.05) is 0 Å². The van der Waals surface area contributed by atoms with E-state index < -0.39 is 29.7 Å². The third kappa shape index (κ3) is 3.86. The van der Waals surface area contributed by atoms with E-state index in [2.05, 4.69) is 5.32 Å². The highest BCUT2D eigenvalue weighted by Crippen LogP contribution is 2.40. The number of rotatable bonds is 2. The number of hydrogen-bond acceptors (Lipinski definition) is 2. The molecular formula is C14H16F4N2O. The van der Waals surface area contributed by atoms with E-state index in [0.717, 1.165) is 12.1 Å². The van der Waals surface area contributed by atoms with Gasteiger partial charge in [-0.15, -0.1) is 0 Å². The van der Waals surface area contributed by atoms with Crippen LogP contribution in [0.4, 0.5) is 28.9 Å². The average molecular weight is 304 g/mol. The summed E-state index contributed by atoms with van der Waals surface area (Å²) >= 11 is 0. The molecule has 3 nitrogen and oxygen atoms in total. The Kier molecular flexibility index (Phi) is 4.39. The zero-order valence-corrected chi connectivity index (χ0v) is 11.2. The van der Waals surface area contributed by atoms with Crippen LogP contribution in [0.5, 0.6) is 0 Å². The van der Waals surface area contributed by atoms with Gasteiger partial charge >= 0.3 is 6.18 Å². The summed E-state index contributed by atoms with van der Waals surface area (Å²) in [5.41, 5.74) is 5.87. The fourth-order valence-electron chi connectivity index (χ4n) is 2.60. The molecule has 1 aliphatic rings. The molecule has 21 heavy (non-hydrogen) atoms. The first-order valence-electron chi connectivity index (χ1n) is 6.70. The molecule has 1 aromatic rings. The summed E-state index contributed by atoms with van der Waals surface area (Å²) in [4.78, 5) is 12.0. The van der Waals surface area contributed by atoms with Gasteiger partial charge in [-0.3, -0.25) is 4.79 Å². The van der Waals surface area contributed by atoms with Crippen LogP contribution in [0, 0.1) is 17.7 Å². The van der Waals surface area contributed by atoms with Crippen molar-refractivity contribution in [2.24, 2.45) is 11.8 Å². The van der Waals surface area contributed by atoms with Crippen molar-refractivity contribution in [2.45, 2.75) is 31.9 Å². The number of benzene rings is 1. The maximum absolute atomic E-state index is 13.1. The van der Waals surface area contributed by atoms with Gasteiger partial charge in [-0.1, -0.05) is 6.42 Å². The largest absolute Gasteiger partial charge is 0.397 e. The van der Waals surface area contributed by atoms with Crippen LogP contribution in [-0.4, -0.2) is 12.1 Å². The summed E-state index contributed by atoms with van der Waals surface area (Å²) in [5.74, 6) is -3.29. The van der Waals surface area contributed by atoms with E-state index in [9.17, 15) is 22.4 Å². The molecule has 0 aliphatic heterocycles. The normalized spacial score (nSPS) is 22.9. The summed E-state index contributed by atoms with van der Waals surface area (Å²) in [6, 6.07) is 3.49. The van der Waals surface area contributed by atoms with Crippen molar-refractivity contribution in [1.82, 2.24) is 0 Å². The summed E-state index contributed by atoms with van der Waals surface area (Å²) in [6.45, 7) is 0. The quantitative estimate of drug-likeness (QED) is 0.646. The van der Waals surface area contributed by atoms with Gasteiger partial charge in [0, 0.05) is 5.92 Å². The Hall–Kier alpha value is -1.79. The Bertz CT molecular complexity index is 530. The number of nitrogens with two attached hydrogens (primary N) is 1. The third-order valence-corrected chi connectivity index (χ3v) is 3.78. The van der Waals surface area contributed by atoms with Gasteiger partial charge in [0.25, 0.3) is 0 Å². The molecule has 1 aromatic carbocycles. The number of alkyl halides is 3. The molecule has 0 bridgehead atoms. The third-order valence-electron chi connectivity index (χ3n) is 3.78. The SMILES string of the molecule is Nc1ccc(F)cc1NC(=O)C1CCCC(C(F)(F)F)C1. The van der Waals surface area contributed by atoms with Crippen LogP contribution in [0.3, 0.4) is 0 Å². The predicted molar refractivity (Wildman–Crippen MR) is 70.9 cm³/mol. The number of nitrogen functional groups attached to an aromatic ring is 1. The summed E-state index contributed by atoms with van der Waals surface area (Å²) in [5, 5.41) is 2.42. The molecule has 0 spiro atoms. The molecule has 7 heteroatoms. The van der Waals surface area contributed by atoms with E-state index in [-0.39, 0.29) is 24.2 Å². The minimum Gasteiger partial charge on any atom is -0.397 e. The second-order valence-corrected chi connectivity index (χ2v) is 5.32. The Morgan fingerprint density at radius 2 is 2.00 bits per heavy atom. The maximum atomic E-state index is 13.1. The van der Waals surface area contributed by atoms with Gasteiger partial charge in [0.1, 0.15) is 5.82 Å². The molecule has 0 aromatic heterocycles. The molecule has 0 radical (unpaired) electrons. The van der Waals surface area contributed by atoms with Crippen LogP contribution < -0.4 is 11.1 Å². The molecule has 1 saturated carbocycles. The van der Waals surface area contributed by atoms with Crippen LogP contribution in [-0.2, 0) is 4.79 Å². The summed E-state index contributed by atoms with van der Waals surface area (Å²) in [6.07, 6.45) is -3.72. The maximum Gasteiger partial charge on any atom is 0.391 e. The number of anilines is 2. The van der Waals surface area contributed by atoms with Crippen molar-refractivity contribution >= 4 is 17.3 Å². The van der Waals surface area contributed by atoms with Crippen molar-refractivity contribution in [3.8, 4) is 0 Å². The van der Waals surface area contributed by atoms with Crippen LogP contribution in [0.1, 0.15) is 25.7 Å². The Balaban J connectivity index is 2.04. The molecule has 116 valence electrons. The molecule has 2 atom stereocenters. The molecule has 1 amide bonds. The van der Waals surface area contributed by atoms with Gasteiger partial charge in [0.2, 0.25) is 5.91 Å².